The van der Waals surface area contributed by atoms with Crippen LogP contribution in [0.1, 0.15) is 5.56 Å². The molecule has 0 saturated heterocycles. The number of benzene rings is 1. The second-order valence-electron chi connectivity index (χ2n) is 2.01. The molecule has 0 radical (unpaired) electrons. The molecular formula is C8H5Cl2NO. The molecule has 0 aromatic heterocycles. The molecule has 0 N–H and O–H groups in total. The van der Waals surface area contributed by atoms with Crippen molar-refractivity contribution in [1.82, 2.24) is 0 Å². The minimum Gasteiger partial charge on any atom is -0.476 e. The highest BCUT2D eigenvalue weighted by atomic mass is 35.5. The molecular weight excluding hydrogens is 197 g/mol. The molecule has 0 aliphatic heterocycles. The monoisotopic (exact) mass is 201 g/mol. The number of hydrogen-bond acceptors (Lipinski definition) is 2. The first kappa shape index (κ1) is 9.18. The molecule has 0 amide bonds. The van der Waals surface area contributed by atoms with Crippen molar-refractivity contribution in [1.29, 1.82) is 5.26 Å². The molecule has 0 atom stereocenters. The normalized spacial score (nSPS) is 9.08. The SMILES string of the molecule is N#Cc1ccc(OCCl)c(Cl)c1. The molecule has 0 heterocycles. The van der Waals surface area contributed by atoms with Crippen LogP contribution in [0.25, 0.3) is 0 Å². The van der Waals surface area contributed by atoms with Crippen molar-refractivity contribution in [3.05, 3.63) is 28.8 Å². The van der Waals surface area contributed by atoms with E-state index in [1.165, 1.54) is 6.07 Å². The lowest BCUT2D eigenvalue weighted by Crippen LogP contribution is -1.89. The van der Waals surface area contributed by atoms with Gasteiger partial charge in [-0.05, 0) is 18.2 Å². The average molecular weight is 202 g/mol. The van der Waals surface area contributed by atoms with Crippen LogP contribution >= 0.6 is 23.2 Å². The van der Waals surface area contributed by atoms with Crippen LogP contribution in [0, 0.1) is 11.3 Å². The molecule has 62 valence electrons. The molecule has 0 bridgehead atoms. The number of nitriles is 1. The van der Waals surface area contributed by atoms with Crippen LogP contribution in [0.3, 0.4) is 0 Å². The van der Waals surface area contributed by atoms with E-state index in [2.05, 4.69) is 0 Å². The van der Waals surface area contributed by atoms with Gasteiger partial charge in [-0.25, -0.2) is 0 Å². The number of halogens is 2. The molecule has 1 aromatic rings. The highest BCUT2D eigenvalue weighted by Gasteiger charge is 2.01. The van der Waals surface area contributed by atoms with Crippen molar-refractivity contribution in [2.75, 3.05) is 6.07 Å². The van der Waals surface area contributed by atoms with Gasteiger partial charge in [0, 0.05) is 0 Å². The van der Waals surface area contributed by atoms with E-state index in [9.17, 15) is 0 Å². The summed E-state index contributed by atoms with van der Waals surface area (Å²) in [4.78, 5) is 0. The van der Waals surface area contributed by atoms with Gasteiger partial charge in [0.15, 0.2) is 6.07 Å². The van der Waals surface area contributed by atoms with Crippen molar-refractivity contribution in [2.24, 2.45) is 0 Å². The zero-order valence-electron chi connectivity index (χ0n) is 6.05. The summed E-state index contributed by atoms with van der Waals surface area (Å²) in [6.07, 6.45) is 0. The third-order valence-corrected chi connectivity index (χ3v) is 1.68. The van der Waals surface area contributed by atoms with Gasteiger partial charge in [-0.15, -0.1) is 0 Å². The standard InChI is InChI=1S/C8H5Cl2NO/c9-5-12-8-2-1-6(4-11)3-7(8)10/h1-3H,5H2. The largest absolute Gasteiger partial charge is 0.476 e. The Bertz CT molecular complexity index is 319. The fourth-order valence-corrected chi connectivity index (χ4v) is 1.10. The fraction of sp³-hybridized carbons (Fsp3) is 0.125. The molecule has 12 heavy (non-hydrogen) atoms. The van der Waals surface area contributed by atoms with E-state index in [1.807, 2.05) is 6.07 Å². The molecule has 0 fully saturated rings. The molecule has 0 saturated carbocycles. The Balaban J connectivity index is 2.97. The first-order valence-electron chi connectivity index (χ1n) is 3.16. The predicted octanol–water partition coefficient (Wildman–Crippen LogP) is 2.79. The van der Waals surface area contributed by atoms with Gasteiger partial charge >= 0.3 is 0 Å². The van der Waals surface area contributed by atoms with Gasteiger partial charge in [0.2, 0.25) is 0 Å². The topological polar surface area (TPSA) is 33.0 Å². The second kappa shape index (κ2) is 4.20. The molecule has 1 rings (SSSR count). The quantitative estimate of drug-likeness (QED) is 0.690. The number of rotatable bonds is 2. The molecule has 0 aliphatic rings. The van der Waals surface area contributed by atoms with Crippen LogP contribution in [0.5, 0.6) is 5.75 Å². The number of hydrogen-bond donors (Lipinski definition) is 0. The summed E-state index contributed by atoms with van der Waals surface area (Å²) in [5.41, 5.74) is 0.502. The molecule has 0 unspecified atom stereocenters. The van der Waals surface area contributed by atoms with Crippen LogP contribution in [0.4, 0.5) is 0 Å². The van der Waals surface area contributed by atoms with Crippen LogP contribution < -0.4 is 4.74 Å². The van der Waals surface area contributed by atoms with Crippen molar-refractivity contribution >= 4 is 23.2 Å². The van der Waals surface area contributed by atoms with Crippen molar-refractivity contribution in [3.8, 4) is 11.8 Å². The maximum absolute atomic E-state index is 8.51. The molecule has 4 heteroatoms. The summed E-state index contributed by atoms with van der Waals surface area (Å²) in [7, 11) is 0. The van der Waals surface area contributed by atoms with E-state index in [0.717, 1.165) is 0 Å². The third-order valence-electron chi connectivity index (χ3n) is 1.27. The van der Waals surface area contributed by atoms with Crippen LogP contribution in [-0.2, 0) is 0 Å². The Labute approximate surface area is 80.3 Å². The predicted molar refractivity (Wildman–Crippen MR) is 47.5 cm³/mol. The summed E-state index contributed by atoms with van der Waals surface area (Å²) in [6.45, 7) is 0. The molecule has 0 aliphatic carbocycles. The summed E-state index contributed by atoms with van der Waals surface area (Å²) in [6, 6.07) is 6.78. The number of nitrogens with zero attached hydrogens (tertiary/aromatic N) is 1. The van der Waals surface area contributed by atoms with Gasteiger partial charge in [0.25, 0.3) is 0 Å². The van der Waals surface area contributed by atoms with E-state index in [4.69, 9.17) is 33.2 Å². The summed E-state index contributed by atoms with van der Waals surface area (Å²) in [5, 5.41) is 8.91. The lowest BCUT2D eigenvalue weighted by Gasteiger charge is -2.03. The minimum absolute atomic E-state index is 0.0472. The third kappa shape index (κ3) is 2.04. The van der Waals surface area contributed by atoms with Crippen molar-refractivity contribution in [2.45, 2.75) is 0 Å². The first-order valence-corrected chi connectivity index (χ1v) is 4.07. The Morgan fingerprint density at radius 3 is 2.75 bits per heavy atom. The lowest BCUT2D eigenvalue weighted by atomic mass is 10.2. The fourth-order valence-electron chi connectivity index (χ4n) is 0.746. The average Bonchev–Trinajstić information content (AvgIpc) is 2.09. The number of ether oxygens (including phenoxy) is 1. The van der Waals surface area contributed by atoms with E-state index in [1.54, 1.807) is 12.1 Å². The van der Waals surface area contributed by atoms with E-state index >= 15 is 0 Å². The zero-order chi connectivity index (χ0) is 8.97. The molecule has 2 nitrogen and oxygen atoms in total. The second-order valence-corrected chi connectivity index (χ2v) is 2.64. The summed E-state index contributed by atoms with van der Waals surface area (Å²) >= 11 is 11.1. The van der Waals surface area contributed by atoms with Gasteiger partial charge in [0.1, 0.15) is 5.75 Å². The number of alkyl halides is 1. The smallest absolute Gasteiger partial charge is 0.162 e. The van der Waals surface area contributed by atoms with Crippen LogP contribution in [-0.4, -0.2) is 6.07 Å². The first-order chi connectivity index (χ1) is 5.77. The summed E-state index contributed by atoms with van der Waals surface area (Å²) in [5.74, 6) is 0.491. The van der Waals surface area contributed by atoms with Gasteiger partial charge < -0.3 is 4.74 Å². The lowest BCUT2D eigenvalue weighted by molar-refractivity contribution is 0.388. The maximum atomic E-state index is 8.51. The molecule has 1 aromatic carbocycles. The van der Waals surface area contributed by atoms with Crippen LogP contribution in [0.15, 0.2) is 18.2 Å². The Morgan fingerprint density at radius 1 is 1.50 bits per heavy atom. The van der Waals surface area contributed by atoms with Gasteiger partial charge in [-0.3, -0.25) is 0 Å². The Morgan fingerprint density at radius 2 is 2.25 bits per heavy atom. The van der Waals surface area contributed by atoms with Gasteiger partial charge in [0.05, 0.1) is 16.7 Å². The highest BCUT2D eigenvalue weighted by molar-refractivity contribution is 6.32. The highest BCUT2D eigenvalue weighted by Crippen LogP contribution is 2.25. The maximum Gasteiger partial charge on any atom is 0.162 e. The van der Waals surface area contributed by atoms with Crippen LogP contribution in [0.2, 0.25) is 5.02 Å². The Kier molecular flexibility index (Phi) is 3.21. The van der Waals surface area contributed by atoms with Crippen molar-refractivity contribution in [3.63, 3.8) is 0 Å². The van der Waals surface area contributed by atoms with E-state index in [0.29, 0.717) is 16.3 Å². The zero-order valence-corrected chi connectivity index (χ0v) is 7.56. The minimum atomic E-state index is 0.0472. The van der Waals surface area contributed by atoms with E-state index in [-0.39, 0.29) is 6.07 Å². The molecule has 0 spiro atoms. The van der Waals surface area contributed by atoms with E-state index < -0.39 is 0 Å². The van der Waals surface area contributed by atoms with Gasteiger partial charge in [-0.1, -0.05) is 23.2 Å². The summed E-state index contributed by atoms with van der Waals surface area (Å²) < 4.78 is 4.96. The van der Waals surface area contributed by atoms with Crippen molar-refractivity contribution < 1.29 is 4.74 Å². The Hall–Kier alpha value is -0.910. The van der Waals surface area contributed by atoms with Gasteiger partial charge in [-0.2, -0.15) is 5.26 Å².